The minimum absolute atomic E-state index is 0.000889. The summed E-state index contributed by atoms with van der Waals surface area (Å²) in [6.07, 6.45) is 9.07. The largest absolute Gasteiger partial charge is 0.396 e. The Kier molecular flexibility index (Phi) is 10.4. The Labute approximate surface area is 222 Å². The number of ether oxygens (including phenoxy) is 1. The minimum atomic E-state index is -0.979. The predicted octanol–water partition coefficient (Wildman–Crippen LogP) is 3.15. The second kappa shape index (κ2) is 13.1. The molecule has 8 heteroatoms. The van der Waals surface area contributed by atoms with Crippen molar-refractivity contribution in [1.29, 1.82) is 0 Å². The van der Waals surface area contributed by atoms with Gasteiger partial charge in [-0.1, -0.05) is 32.4 Å². The second-order valence-electron chi connectivity index (χ2n) is 10.9. The molecule has 3 aliphatic rings. The van der Waals surface area contributed by atoms with Gasteiger partial charge in [-0.25, -0.2) is 0 Å². The Balaban J connectivity index is 2.00. The van der Waals surface area contributed by atoms with E-state index in [1.807, 2.05) is 18.7 Å². The van der Waals surface area contributed by atoms with Gasteiger partial charge in [0.1, 0.15) is 11.6 Å². The van der Waals surface area contributed by atoms with E-state index in [1.54, 1.807) is 22.0 Å². The third kappa shape index (κ3) is 5.51. The number of aliphatic hydroxyl groups excluding tert-OH is 1. The molecule has 6 atom stereocenters. The van der Waals surface area contributed by atoms with Gasteiger partial charge in [0.15, 0.2) is 0 Å². The van der Waals surface area contributed by atoms with Gasteiger partial charge in [0.2, 0.25) is 17.7 Å². The van der Waals surface area contributed by atoms with Crippen LogP contribution < -0.4 is 0 Å². The van der Waals surface area contributed by atoms with Crippen LogP contribution in [0.3, 0.4) is 0 Å². The summed E-state index contributed by atoms with van der Waals surface area (Å²) in [6, 6.07) is -0.749. The van der Waals surface area contributed by atoms with Crippen LogP contribution in [-0.4, -0.2) is 94.1 Å². The lowest BCUT2D eigenvalue weighted by Gasteiger charge is -2.39. The molecule has 3 heterocycles. The van der Waals surface area contributed by atoms with Crippen LogP contribution in [0.15, 0.2) is 25.3 Å². The molecule has 208 valence electrons. The molecule has 3 amide bonds. The Morgan fingerprint density at radius 3 is 2.51 bits per heavy atom. The zero-order chi connectivity index (χ0) is 27.2. The van der Waals surface area contributed by atoms with Gasteiger partial charge in [0, 0.05) is 38.8 Å². The van der Waals surface area contributed by atoms with Crippen molar-refractivity contribution in [3.05, 3.63) is 25.3 Å². The molecule has 0 aliphatic carbocycles. The maximum atomic E-state index is 14.3. The number of nitrogens with zero attached hydrogens (tertiary/aromatic N) is 3. The van der Waals surface area contributed by atoms with Crippen LogP contribution in [0.2, 0.25) is 0 Å². The zero-order valence-electron chi connectivity index (χ0n) is 23.1. The van der Waals surface area contributed by atoms with E-state index in [4.69, 9.17) is 4.74 Å². The molecule has 0 radical (unpaired) electrons. The Hall–Kier alpha value is -2.19. The molecule has 1 N–H and O–H groups in total. The highest BCUT2D eigenvalue weighted by atomic mass is 16.5. The first-order chi connectivity index (χ1) is 17.8. The van der Waals surface area contributed by atoms with Crippen molar-refractivity contribution in [2.45, 2.75) is 95.9 Å². The van der Waals surface area contributed by atoms with Crippen LogP contribution in [0.4, 0.5) is 0 Å². The second-order valence-corrected chi connectivity index (χ2v) is 10.9. The van der Waals surface area contributed by atoms with Crippen LogP contribution in [0.5, 0.6) is 0 Å². The van der Waals surface area contributed by atoms with Crippen molar-refractivity contribution in [2.75, 3.05) is 32.8 Å². The molecule has 3 fully saturated rings. The lowest BCUT2D eigenvalue weighted by atomic mass is 9.70. The summed E-state index contributed by atoms with van der Waals surface area (Å²) in [7, 11) is 0. The molecule has 8 nitrogen and oxygen atoms in total. The highest BCUT2D eigenvalue weighted by Crippen LogP contribution is 2.59. The van der Waals surface area contributed by atoms with Crippen molar-refractivity contribution in [1.82, 2.24) is 14.7 Å². The van der Waals surface area contributed by atoms with Crippen LogP contribution in [0, 0.1) is 11.8 Å². The molecule has 1 spiro atoms. The van der Waals surface area contributed by atoms with E-state index in [2.05, 4.69) is 20.1 Å². The Morgan fingerprint density at radius 1 is 1.16 bits per heavy atom. The monoisotopic (exact) mass is 517 g/mol. The quantitative estimate of drug-likeness (QED) is 0.251. The molecule has 3 rings (SSSR count). The topological polar surface area (TPSA) is 90.4 Å². The molecular formula is C29H47N3O5. The average Bonchev–Trinajstić information content (AvgIpc) is 3.52. The van der Waals surface area contributed by atoms with Gasteiger partial charge in [-0.2, -0.15) is 0 Å². The van der Waals surface area contributed by atoms with Crippen molar-refractivity contribution < 1.29 is 24.2 Å². The molecule has 0 aromatic carbocycles. The zero-order valence-corrected chi connectivity index (χ0v) is 23.1. The Morgan fingerprint density at radius 2 is 1.89 bits per heavy atom. The lowest BCUT2D eigenvalue weighted by molar-refractivity contribution is -0.150. The molecule has 3 unspecified atom stereocenters. The molecule has 0 aromatic rings. The van der Waals surface area contributed by atoms with Gasteiger partial charge >= 0.3 is 0 Å². The van der Waals surface area contributed by atoms with E-state index >= 15 is 0 Å². The average molecular weight is 518 g/mol. The fourth-order valence-corrected chi connectivity index (χ4v) is 6.81. The van der Waals surface area contributed by atoms with Crippen molar-refractivity contribution in [3.63, 3.8) is 0 Å². The number of carbonyl (C=O) groups is 3. The summed E-state index contributed by atoms with van der Waals surface area (Å²) in [5, 5.41) is 9.23. The van der Waals surface area contributed by atoms with E-state index in [9.17, 15) is 19.5 Å². The number of likely N-dealkylation sites (tertiary alicyclic amines) is 1. The normalized spacial score (nSPS) is 28.8. The van der Waals surface area contributed by atoms with Crippen molar-refractivity contribution in [2.24, 2.45) is 11.8 Å². The van der Waals surface area contributed by atoms with Gasteiger partial charge in [-0.3, -0.25) is 14.4 Å². The molecule has 2 bridgehead atoms. The molecular weight excluding hydrogens is 470 g/mol. The minimum Gasteiger partial charge on any atom is -0.396 e. The van der Waals surface area contributed by atoms with Gasteiger partial charge in [-0.05, 0) is 51.9 Å². The number of carbonyl (C=O) groups excluding carboxylic acids is 3. The van der Waals surface area contributed by atoms with Gasteiger partial charge in [0.25, 0.3) is 0 Å². The third-order valence-corrected chi connectivity index (χ3v) is 8.38. The molecule has 3 saturated heterocycles. The maximum Gasteiger partial charge on any atom is 0.248 e. The highest BCUT2D eigenvalue weighted by Gasteiger charge is 2.74. The van der Waals surface area contributed by atoms with Gasteiger partial charge in [-0.15, -0.1) is 13.2 Å². The summed E-state index contributed by atoms with van der Waals surface area (Å²) in [5.41, 5.74) is -0.979. The lowest BCUT2D eigenvalue weighted by Crippen LogP contribution is -2.58. The van der Waals surface area contributed by atoms with E-state index in [1.165, 1.54) is 0 Å². The molecule has 3 aliphatic heterocycles. The van der Waals surface area contributed by atoms with Crippen LogP contribution in [0.25, 0.3) is 0 Å². The molecule has 0 saturated carbocycles. The third-order valence-electron chi connectivity index (χ3n) is 8.38. The highest BCUT2D eigenvalue weighted by molar-refractivity contribution is 5.99. The SMILES string of the molecule is C=CCN(CCC)C(=O)[C@@H]1[C@@H]2CCC3(O2)C(C(=O)N(CC=C)C(C)CCC)N(CCCCCO)C(=O)[C@H]13. The number of fused-ring (bicyclic) bond motifs is 1. The summed E-state index contributed by atoms with van der Waals surface area (Å²) in [5.74, 6) is -1.54. The van der Waals surface area contributed by atoms with E-state index in [-0.39, 0.29) is 36.5 Å². The molecule has 0 aromatic heterocycles. The Bertz CT molecular complexity index is 847. The summed E-state index contributed by atoms with van der Waals surface area (Å²) < 4.78 is 6.60. The fraction of sp³-hybridized carbons (Fsp3) is 0.759. The van der Waals surface area contributed by atoms with E-state index in [0.29, 0.717) is 51.9 Å². The first-order valence-electron chi connectivity index (χ1n) is 14.2. The van der Waals surface area contributed by atoms with Gasteiger partial charge < -0.3 is 24.5 Å². The summed E-state index contributed by atoms with van der Waals surface area (Å²) >= 11 is 0. The number of aliphatic hydroxyl groups is 1. The molecule has 37 heavy (non-hydrogen) atoms. The van der Waals surface area contributed by atoms with E-state index < -0.39 is 23.5 Å². The van der Waals surface area contributed by atoms with Crippen molar-refractivity contribution >= 4 is 17.7 Å². The van der Waals surface area contributed by atoms with Gasteiger partial charge in [0.05, 0.1) is 17.9 Å². The van der Waals surface area contributed by atoms with Crippen molar-refractivity contribution in [3.8, 4) is 0 Å². The maximum absolute atomic E-state index is 14.3. The number of hydrogen-bond donors (Lipinski definition) is 1. The summed E-state index contributed by atoms with van der Waals surface area (Å²) in [6.45, 7) is 15.8. The number of unbranched alkanes of at least 4 members (excludes halogenated alkanes) is 2. The van der Waals surface area contributed by atoms with Crippen LogP contribution in [-0.2, 0) is 19.1 Å². The smallest absolute Gasteiger partial charge is 0.248 e. The van der Waals surface area contributed by atoms with Crippen LogP contribution >= 0.6 is 0 Å². The fourth-order valence-electron chi connectivity index (χ4n) is 6.81. The van der Waals surface area contributed by atoms with E-state index in [0.717, 1.165) is 25.7 Å². The van der Waals surface area contributed by atoms with Crippen LogP contribution in [0.1, 0.15) is 72.1 Å². The first kappa shape index (κ1) is 29.4. The number of hydrogen-bond acceptors (Lipinski definition) is 5. The number of amides is 3. The number of rotatable bonds is 16. The summed E-state index contributed by atoms with van der Waals surface area (Å²) in [4.78, 5) is 47.5. The predicted molar refractivity (Wildman–Crippen MR) is 144 cm³/mol. The standard InChI is InChI=1S/C29H47N3O5/c1-6-13-21(5)31(18-9-4)28(36)25-29-15-14-22(37-29)23(26(34)30(16-7-2)17-8-3)24(29)27(35)32(25)19-11-10-12-20-33/h7,9,21-25,33H,2,4,6,8,10-20H2,1,3,5H3/t21?,22-,23+,24-,25?,29?/m0/s1. The first-order valence-corrected chi connectivity index (χ1v) is 14.2.